The summed E-state index contributed by atoms with van der Waals surface area (Å²) < 4.78 is 57.8. The molecule has 40 heavy (non-hydrogen) atoms. The summed E-state index contributed by atoms with van der Waals surface area (Å²) in [6, 6.07) is 16.5. The molecule has 0 aromatic heterocycles. The van der Waals surface area contributed by atoms with Gasteiger partial charge in [-0.15, -0.1) is 0 Å². The average molecular weight is 555 g/mol. The number of nitrogens with one attached hydrogen (secondary N) is 3. The summed E-state index contributed by atoms with van der Waals surface area (Å²) in [7, 11) is 1.57. The number of carbonyl (C=O) groups is 2. The van der Waals surface area contributed by atoms with E-state index in [4.69, 9.17) is 10.1 Å². The van der Waals surface area contributed by atoms with Crippen LogP contribution in [0.3, 0.4) is 0 Å². The van der Waals surface area contributed by atoms with Gasteiger partial charge in [-0.2, -0.15) is 13.2 Å². The second kappa shape index (κ2) is 12.0. The molecular weight excluding hydrogens is 528 g/mol. The molecule has 0 saturated carbocycles. The van der Waals surface area contributed by atoms with Crippen molar-refractivity contribution in [3.8, 4) is 5.75 Å². The van der Waals surface area contributed by atoms with Crippen molar-refractivity contribution in [2.75, 3.05) is 19.0 Å². The van der Waals surface area contributed by atoms with Gasteiger partial charge < -0.3 is 25.7 Å². The zero-order valence-corrected chi connectivity index (χ0v) is 21.4. The Morgan fingerprint density at radius 3 is 2.45 bits per heavy atom. The Balaban J connectivity index is 1.38. The molecule has 0 saturated heterocycles. The number of nitrogens with zero attached hydrogens (tertiary/aromatic N) is 1. The van der Waals surface area contributed by atoms with Crippen molar-refractivity contribution < 1.29 is 31.9 Å². The number of halogens is 4. The van der Waals surface area contributed by atoms with E-state index in [2.05, 4.69) is 10.6 Å². The molecule has 1 heterocycles. The number of anilines is 1. The van der Waals surface area contributed by atoms with E-state index in [0.717, 1.165) is 17.2 Å². The average Bonchev–Trinajstić information content (AvgIpc) is 2.93. The molecule has 0 radical (unpaired) electrons. The van der Waals surface area contributed by atoms with E-state index in [1.165, 1.54) is 6.20 Å². The topological polar surface area (TPSA) is 94.5 Å². The Bertz CT molecular complexity index is 1450. The van der Waals surface area contributed by atoms with Crippen molar-refractivity contribution >= 4 is 23.2 Å². The summed E-state index contributed by atoms with van der Waals surface area (Å²) in [5.74, 6) is -1.75. The SMILES string of the molecule is COc1cccc(CNC(=O)c2ccc(CN3C=C(C(=O)Nc4ccc(F)c(C(F)(F)F)c4)C(=N)CC3)cc2)c1. The van der Waals surface area contributed by atoms with Crippen molar-refractivity contribution in [1.29, 1.82) is 5.41 Å². The quantitative estimate of drug-likeness (QED) is 0.319. The molecule has 0 spiro atoms. The summed E-state index contributed by atoms with van der Waals surface area (Å²) in [4.78, 5) is 27.1. The fourth-order valence-corrected chi connectivity index (χ4v) is 4.12. The van der Waals surface area contributed by atoms with E-state index in [1.54, 1.807) is 36.3 Å². The Morgan fingerprint density at radius 1 is 1.00 bits per heavy atom. The van der Waals surface area contributed by atoms with E-state index in [-0.39, 0.29) is 29.3 Å². The van der Waals surface area contributed by atoms with Gasteiger partial charge in [-0.1, -0.05) is 24.3 Å². The molecule has 11 heteroatoms. The van der Waals surface area contributed by atoms with Crippen LogP contribution in [0.25, 0.3) is 0 Å². The van der Waals surface area contributed by atoms with Gasteiger partial charge >= 0.3 is 6.18 Å². The van der Waals surface area contributed by atoms with Crippen molar-refractivity contribution in [3.05, 3.63) is 107 Å². The summed E-state index contributed by atoms with van der Waals surface area (Å²) in [6.07, 6.45) is -3.18. The van der Waals surface area contributed by atoms with Crippen LogP contribution in [0.2, 0.25) is 0 Å². The highest BCUT2D eigenvalue weighted by atomic mass is 19.4. The number of methoxy groups -OCH3 is 1. The number of carbonyl (C=O) groups excluding carboxylic acids is 2. The second-order valence-corrected chi connectivity index (χ2v) is 9.12. The number of rotatable bonds is 8. The molecule has 0 fully saturated rings. The standard InChI is InChI=1S/C29H26F4N4O3/c1-40-22-4-2-3-19(13-22)15-35-27(38)20-7-5-18(6-8-20)16-37-12-11-26(34)23(17-37)28(39)36-21-9-10-25(30)24(14-21)29(31,32)33/h2-10,13-14,17,34H,11-12,15-16H2,1H3,(H,35,38)(H,36,39). The normalized spacial score (nSPS) is 13.5. The molecule has 0 atom stereocenters. The molecule has 0 bridgehead atoms. The summed E-state index contributed by atoms with van der Waals surface area (Å²) in [5.41, 5.74) is 0.531. The lowest BCUT2D eigenvalue weighted by molar-refractivity contribution is -0.140. The maximum absolute atomic E-state index is 13.6. The number of benzene rings is 3. The second-order valence-electron chi connectivity index (χ2n) is 9.12. The molecular formula is C29H26F4N4O3. The minimum absolute atomic E-state index is 0.00215. The number of hydrogen-bond donors (Lipinski definition) is 3. The Kier molecular flexibility index (Phi) is 8.52. The minimum atomic E-state index is -4.91. The lowest BCUT2D eigenvalue weighted by Gasteiger charge is -2.27. The predicted molar refractivity (Wildman–Crippen MR) is 141 cm³/mol. The molecule has 2 amide bonds. The third-order valence-electron chi connectivity index (χ3n) is 6.25. The van der Waals surface area contributed by atoms with E-state index < -0.39 is 23.5 Å². The van der Waals surface area contributed by atoms with Crippen LogP contribution in [-0.4, -0.2) is 36.1 Å². The molecule has 3 aromatic rings. The van der Waals surface area contributed by atoms with E-state index in [0.29, 0.717) is 43.1 Å². The van der Waals surface area contributed by atoms with Crippen LogP contribution in [0.1, 0.15) is 33.5 Å². The van der Waals surface area contributed by atoms with Crippen molar-refractivity contribution in [2.24, 2.45) is 0 Å². The minimum Gasteiger partial charge on any atom is -0.497 e. The fourth-order valence-electron chi connectivity index (χ4n) is 4.12. The summed E-state index contributed by atoms with van der Waals surface area (Å²) in [6.45, 7) is 1.17. The first-order chi connectivity index (χ1) is 19.0. The highest BCUT2D eigenvalue weighted by molar-refractivity contribution is 6.24. The third-order valence-corrected chi connectivity index (χ3v) is 6.25. The number of ether oxygens (including phenoxy) is 1. The van der Waals surface area contributed by atoms with Crippen LogP contribution in [0.4, 0.5) is 23.2 Å². The Hall–Kier alpha value is -4.67. The van der Waals surface area contributed by atoms with Crippen LogP contribution < -0.4 is 15.4 Å². The van der Waals surface area contributed by atoms with Crippen molar-refractivity contribution in [1.82, 2.24) is 10.2 Å². The van der Waals surface area contributed by atoms with E-state index in [9.17, 15) is 27.2 Å². The predicted octanol–water partition coefficient (Wildman–Crippen LogP) is 5.53. The smallest absolute Gasteiger partial charge is 0.419 e. The van der Waals surface area contributed by atoms with Crippen molar-refractivity contribution in [2.45, 2.75) is 25.7 Å². The lowest BCUT2D eigenvalue weighted by atomic mass is 10.0. The summed E-state index contributed by atoms with van der Waals surface area (Å²) >= 11 is 0. The molecule has 1 aliphatic heterocycles. The maximum atomic E-state index is 13.6. The van der Waals surface area contributed by atoms with Gasteiger partial charge in [0.05, 0.1) is 18.2 Å². The molecule has 4 rings (SSSR count). The Morgan fingerprint density at radius 2 is 1.75 bits per heavy atom. The van der Waals surface area contributed by atoms with Crippen LogP contribution in [0, 0.1) is 11.2 Å². The van der Waals surface area contributed by atoms with Gasteiger partial charge in [0.15, 0.2) is 0 Å². The molecule has 0 unspecified atom stereocenters. The van der Waals surface area contributed by atoms with Crippen LogP contribution in [0.5, 0.6) is 5.75 Å². The zero-order chi connectivity index (χ0) is 28.9. The summed E-state index contributed by atoms with van der Waals surface area (Å²) in [5, 5.41) is 13.3. The first-order valence-corrected chi connectivity index (χ1v) is 12.3. The van der Waals surface area contributed by atoms with Crippen LogP contribution in [0.15, 0.2) is 78.5 Å². The monoisotopic (exact) mass is 554 g/mol. The van der Waals surface area contributed by atoms with Crippen LogP contribution in [-0.2, 0) is 24.1 Å². The first kappa shape index (κ1) is 28.3. The largest absolute Gasteiger partial charge is 0.497 e. The third kappa shape index (κ3) is 7.04. The lowest BCUT2D eigenvalue weighted by Crippen LogP contribution is -2.32. The number of alkyl halides is 3. The molecule has 7 nitrogen and oxygen atoms in total. The van der Waals surface area contributed by atoms with Gasteiger partial charge in [-0.3, -0.25) is 9.59 Å². The van der Waals surface area contributed by atoms with Gasteiger partial charge in [0, 0.05) is 49.2 Å². The van der Waals surface area contributed by atoms with Gasteiger partial charge in [-0.25, -0.2) is 4.39 Å². The number of amides is 2. The Labute approximate surface area is 228 Å². The van der Waals surface area contributed by atoms with Gasteiger partial charge in [-0.05, 0) is 53.6 Å². The highest BCUT2D eigenvalue weighted by Crippen LogP contribution is 2.33. The molecule has 0 aliphatic carbocycles. The molecule has 1 aliphatic rings. The van der Waals surface area contributed by atoms with Gasteiger partial charge in [0.1, 0.15) is 11.6 Å². The van der Waals surface area contributed by atoms with E-state index in [1.807, 2.05) is 24.3 Å². The van der Waals surface area contributed by atoms with Gasteiger partial charge in [0.25, 0.3) is 11.8 Å². The van der Waals surface area contributed by atoms with Gasteiger partial charge in [0.2, 0.25) is 0 Å². The maximum Gasteiger partial charge on any atom is 0.419 e. The van der Waals surface area contributed by atoms with E-state index >= 15 is 0 Å². The van der Waals surface area contributed by atoms with Crippen LogP contribution >= 0.6 is 0 Å². The molecule has 3 aromatic carbocycles. The molecule has 3 N–H and O–H groups in total. The molecule has 208 valence electrons. The first-order valence-electron chi connectivity index (χ1n) is 12.3. The fraction of sp³-hybridized carbons (Fsp3) is 0.207. The number of hydrogen-bond acceptors (Lipinski definition) is 5. The highest BCUT2D eigenvalue weighted by Gasteiger charge is 2.34. The van der Waals surface area contributed by atoms with Crippen molar-refractivity contribution in [3.63, 3.8) is 0 Å². The zero-order valence-electron chi connectivity index (χ0n) is 21.4.